The van der Waals surface area contributed by atoms with Crippen molar-refractivity contribution in [1.29, 1.82) is 0 Å². The van der Waals surface area contributed by atoms with Crippen molar-refractivity contribution in [1.82, 2.24) is 0 Å². The van der Waals surface area contributed by atoms with Crippen LogP contribution in [0.15, 0.2) is 0 Å². The van der Waals surface area contributed by atoms with Crippen LogP contribution in [0, 0.1) is 11.3 Å². The third-order valence-electron chi connectivity index (χ3n) is 2.21. The Hall–Kier alpha value is -0.0100. The Labute approximate surface area is 104 Å². The molecule has 3 nitrogen and oxygen atoms in total. The maximum atomic E-state index is 11.9. The first-order chi connectivity index (χ1) is 7.31. The molecule has 0 aromatic carbocycles. The quantitative estimate of drug-likeness (QED) is 0.733. The molecule has 0 bridgehead atoms. The van der Waals surface area contributed by atoms with Gasteiger partial charge in [0.25, 0.3) is 0 Å². The van der Waals surface area contributed by atoms with Crippen molar-refractivity contribution < 1.29 is 26.3 Å². The SMILES string of the molecule is CC(C)(C)C(COCC(F)(F)F)CS(=O)(=O)Cl. The normalized spacial score (nSPS) is 15.9. The topological polar surface area (TPSA) is 43.4 Å². The molecule has 0 saturated heterocycles. The van der Waals surface area contributed by atoms with E-state index in [0.717, 1.165) is 0 Å². The smallest absolute Gasteiger partial charge is 0.372 e. The van der Waals surface area contributed by atoms with E-state index in [1.807, 2.05) is 0 Å². The second kappa shape index (κ2) is 5.75. The van der Waals surface area contributed by atoms with Crippen LogP contribution in [-0.4, -0.2) is 33.6 Å². The van der Waals surface area contributed by atoms with Gasteiger partial charge in [-0.1, -0.05) is 20.8 Å². The summed E-state index contributed by atoms with van der Waals surface area (Å²) in [5, 5.41) is 0. The molecule has 1 unspecified atom stereocenters. The Balaban J connectivity index is 4.43. The van der Waals surface area contributed by atoms with Gasteiger partial charge in [-0.3, -0.25) is 0 Å². The molecular formula is C9H16ClF3O3S. The molecule has 0 radical (unpaired) electrons. The lowest BCUT2D eigenvalue weighted by Crippen LogP contribution is -2.32. The van der Waals surface area contributed by atoms with Crippen LogP contribution in [0.4, 0.5) is 13.2 Å². The van der Waals surface area contributed by atoms with Crippen LogP contribution in [-0.2, 0) is 13.8 Å². The molecule has 0 N–H and O–H groups in total. The van der Waals surface area contributed by atoms with Gasteiger partial charge in [0.1, 0.15) is 6.61 Å². The highest BCUT2D eigenvalue weighted by Gasteiger charge is 2.32. The Morgan fingerprint density at radius 3 is 2.00 bits per heavy atom. The second-order valence-corrected chi connectivity index (χ2v) is 7.72. The lowest BCUT2D eigenvalue weighted by molar-refractivity contribution is -0.178. The Bertz CT molecular complexity index is 332. The minimum absolute atomic E-state index is 0.297. The molecule has 0 fully saturated rings. The number of hydrogen-bond donors (Lipinski definition) is 0. The van der Waals surface area contributed by atoms with Crippen LogP contribution in [0.25, 0.3) is 0 Å². The van der Waals surface area contributed by atoms with Crippen molar-refractivity contribution >= 4 is 19.7 Å². The number of halogens is 4. The van der Waals surface area contributed by atoms with Gasteiger partial charge < -0.3 is 4.74 Å². The van der Waals surface area contributed by atoms with Gasteiger partial charge in [-0.05, 0) is 5.41 Å². The standard InChI is InChI=1S/C9H16ClF3O3S/c1-8(2,3)7(5-17(10,14)15)4-16-6-9(11,12)13/h7H,4-6H2,1-3H3. The maximum Gasteiger partial charge on any atom is 0.411 e. The van der Waals surface area contributed by atoms with Gasteiger partial charge in [0.05, 0.1) is 12.4 Å². The van der Waals surface area contributed by atoms with Gasteiger partial charge in [-0.25, -0.2) is 8.42 Å². The van der Waals surface area contributed by atoms with E-state index in [-0.39, 0.29) is 6.61 Å². The predicted molar refractivity (Wildman–Crippen MR) is 59.5 cm³/mol. The molecule has 0 aliphatic heterocycles. The van der Waals surface area contributed by atoms with Crippen molar-refractivity contribution in [3.05, 3.63) is 0 Å². The largest absolute Gasteiger partial charge is 0.411 e. The minimum Gasteiger partial charge on any atom is -0.372 e. The molecule has 17 heavy (non-hydrogen) atoms. The Kier molecular flexibility index (Phi) is 5.75. The average molecular weight is 297 g/mol. The molecule has 0 rings (SSSR count). The van der Waals surface area contributed by atoms with Gasteiger partial charge in [0.2, 0.25) is 9.05 Å². The Morgan fingerprint density at radius 1 is 1.24 bits per heavy atom. The van der Waals surface area contributed by atoms with Gasteiger partial charge in [0.15, 0.2) is 0 Å². The molecule has 0 amide bonds. The van der Waals surface area contributed by atoms with E-state index in [4.69, 9.17) is 10.7 Å². The summed E-state index contributed by atoms with van der Waals surface area (Å²) >= 11 is 0. The average Bonchev–Trinajstić information content (AvgIpc) is 1.95. The zero-order valence-corrected chi connectivity index (χ0v) is 11.4. The summed E-state index contributed by atoms with van der Waals surface area (Å²) in [6, 6.07) is 0. The molecule has 0 spiro atoms. The number of rotatable bonds is 5. The fraction of sp³-hybridized carbons (Fsp3) is 1.00. The molecule has 0 aliphatic carbocycles. The molecule has 104 valence electrons. The van der Waals surface area contributed by atoms with E-state index in [9.17, 15) is 21.6 Å². The van der Waals surface area contributed by atoms with Gasteiger partial charge >= 0.3 is 6.18 Å². The lowest BCUT2D eigenvalue weighted by atomic mass is 9.82. The van der Waals surface area contributed by atoms with Gasteiger partial charge in [-0.2, -0.15) is 13.2 Å². The Morgan fingerprint density at radius 2 is 1.71 bits per heavy atom. The first-order valence-electron chi connectivity index (χ1n) is 4.88. The molecule has 0 saturated carbocycles. The summed E-state index contributed by atoms with van der Waals surface area (Å²) in [5.41, 5.74) is -0.506. The molecule has 1 atom stereocenters. The van der Waals surface area contributed by atoms with E-state index in [1.54, 1.807) is 20.8 Å². The summed E-state index contributed by atoms with van der Waals surface area (Å²) in [6.07, 6.45) is -4.41. The van der Waals surface area contributed by atoms with Crippen molar-refractivity contribution in [3.63, 3.8) is 0 Å². The molecular weight excluding hydrogens is 281 g/mol. The van der Waals surface area contributed by atoms with E-state index in [0.29, 0.717) is 0 Å². The number of alkyl halides is 3. The molecule has 0 aromatic heterocycles. The summed E-state index contributed by atoms with van der Waals surface area (Å²) in [6.45, 7) is 3.47. The summed E-state index contributed by atoms with van der Waals surface area (Å²) in [7, 11) is 1.34. The molecule has 0 aromatic rings. The van der Waals surface area contributed by atoms with Crippen molar-refractivity contribution in [2.45, 2.75) is 26.9 Å². The second-order valence-electron chi connectivity index (χ2n) is 4.90. The zero-order chi connectivity index (χ0) is 13.9. The van der Waals surface area contributed by atoms with Crippen molar-refractivity contribution in [2.24, 2.45) is 11.3 Å². The summed E-state index contributed by atoms with van der Waals surface area (Å²) in [5.74, 6) is -0.997. The van der Waals surface area contributed by atoms with E-state index in [1.165, 1.54) is 0 Å². The lowest BCUT2D eigenvalue weighted by Gasteiger charge is -2.29. The fourth-order valence-corrected chi connectivity index (χ4v) is 2.64. The summed E-state index contributed by atoms with van der Waals surface area (Å²) in [4.78, 5) is 0. The fourth-order valence-electron chi connectivity index (χ4n) is 1.11. The third-order valence-corrected chi connectivity index (χ3v) is 3.39. The maximum absolute atomic E-state index is 11.9. The highest BCUT2D eigenvalue weighted by Crippen LogP contribution is 2.29. The highest BCUT2D eigenvalue weighted by molar-refractivity contribution is 8.13. The van der Waals surface area contributed by atoms with Crippen LogP contribution < -0.4 is 0 Å². The van der Waals surface area contributed by atoms with Crippen LogP contribution in [0.5, 0.6) is 0 Å². The summed E-state index contributed by atoms with van der Waals surface area (Å²) < 4.78 is 62.0. The first-order valence-corrected chi connectivity index (χ1v) is 7.36. The van der Waals surface area contributed by atoms with Crippen molar-refractivity contribution in [2.75, 3.05) is 19.0 Å². The number of ether oxygens (including phenoxy) is 1. The van der Waals surface area contributed by atoms with Crippen LogP contribution >= 0.6 is 10.7 Å². The van der Waals surface area contributed by atoms with Crippen LogP contribution in [0.2, 0.25) is 0 Å². The first kappa shape index (κ1) is 17.0. The van der Waals surface area contributed by atoms with Crippen molar-refractivity contribution in [3.8, 4) is 0 Å². The van der Waals surface area contributed by atoms with Crippen LogP contribution in [0.1, 0.15) is 20.8 Å². The van der Waals surface area contributed by atoms with E-state index >= 15 is 0 Å². The zero-order valence-electron chi connectivity index (χ0n) is 9.84. The van der Waals surface area contributed by atoms with E-state index in [2.05, 4.69) is 4.74 Å². The highest BCUT2D eigenvalue weighted by atomic mass is 35.7. The van der Waals surface area contributed by atoms with E-state index < -0.39 is 38.9 Å². The monoisotopic (exact) mass is 296 g/mol. The molecule has 0 heterocycles. The predicted octanol–water partition coefficient (Wildman–Crippen LogP) is 2.80. The third kappa shape index (κ3) is 9.67. The molecule has 8 heteroatoms. The minimum atomic E-state index is -4.41. The van der Waals surface area contributed by atoms with Gasteiger partial charge in [0, 0.05) is 16.6 Å². The van der Waals surface area contributed by atoms with Gasteiger partial charge in [-0.15, -0.1) is 0 Å². The molecule has 0 aliphatic rings. The number of hydrogen-bond acceptors (Lipinski definition) is 3. The van der Waals surface area contributed by atoms with Crippen LogP contribution in [0.3, 0.4) is 0 Å².